The summed E-state index contributed by atoms with van der Waals surface area (Å²) in [6, 6.07) is 15.2. The summed E-state index contributed by atoms with van der Waals surface area (Å²) < 4.78 is 0. The Kier molecular flexibility index (Phi) is 13.9. The van der Waals surface area contributed by atoms with Crippen molar-refractivity contribution in [1.82, 2.24) is 15.3 Å². The van der Waals surface area contributed by atoms with Crippen molar-refractivity contribution >= 4 is 34.4 Å². The number of thioether (sulfide) groups is 1. The van der Waals surface area contributed by atoms with Gasteiger partial charge >= 0.3 is 0 Å². The van der Waals surface area contributed by atoms with Gasteiger partial charge in [-0.2, -0.15) is 4.98 Å². The molecule has 41 heavy (non-hydrogen) atoms. The molecule has 1 aromatic heterocycles. The van der Waals surface area contributed by atoms with Crippen LogP contribution >= 0.6 is 11.8 Å². The highest BCUT2D eigenvalue weighted by Crippen LogP contribution is 2.39. The van der Waals surface area contributed by atoms with Crippen molar-refractivity contribution in [2.45, 2.75) is 118 Å². The van der Waals surface area contributed by atoms with Crippen molar-refractivity contribution in [2.24, 2.45) is 5.92 Å². The molecule has 1 aliphatic carbocycles. The molecule has 2 aliphatic rings. The molecule has 2 heterocycles. The zero-order valence-corrected chi connectivity index (χ0v) is 28.6. The van der Waals surface area contributed by atoms with E-state index in [1.54, 1.807) is 0 Å². The summed E-state index contributed by atoms with van der Waals surface area (Å²) in [7, 11) is 0. The van der Waals surface area contributed by atoms with Gasteiger partial charge in [-0.1, -0.05) is 85.2 Å². The fourth-order valence-electron chi connectivity index (χ4n) is 5.54. The topological polar surface area (TPSA) is 53.1 Å². The second kappa shape index (κ2) is 16.4. The molecule has 1 saturated carbocycles. The van der Waals surface area contributed by atoms with Crippen LogP contribution in [-0.4, -0.2) is 39.9 Å². The lowest BCUT2D eigenvalue weighted by Crippen LogP contribution is -2.51. The summed E-state index contributed by atoms with van der Waals surface area (Å²) in [6.07, 6.45) is 3.58. The highest BCUT2D eigenvalue weighted by molar-refractivity contribution is 7.99. The number of nitrogens with one attached hydrogen (secondary N) is 2. The SMILES string of the molecule is CC.CC.CC.Cc1ccc2nc(N3CCSc4ccccc4C3)nc(NCC3(NC(C)(C)CC(C)C)CC3)c2c1. The van der Waals surface area contributed by atoms with Crippen LogP contribution in [0.25, 0.3) is 10.9 Å². The first kappa shape index (κ1) is 34.9. The summed E-state index contributed by atoms with van der Waals surface area (Å²) >= 11 is 1.93. The van der Waals surface area contributed by atoms with E-state index in [9.17, 15) is 0 Å². The molecule has 0 amide bonds. The minimum atomic E-state index is 0.124. The molecule has 5 nitrogen and oxygen atoms in total. The predicted molar refractivity (Wildman–Crippen MR) is 184 cm³/mol. The molecule has 0 radical (unpaired) electrons. The average Bonchev–Trinajstić information content (AvgIpc) is 3.76. The first-order valence-corrected chi connectivity index (χ1v) is 17.0. The maximum Gasteiger partial charge on any atom is 0.228 e. The minimum Gasteiger partial charge on any atom is -0.368 e. The van der Waals surface area contributed by atoms with Crippen molar-refractivity contribution in [3.8, 4) is 0 Å². The van der Waals surface area contributed by atoms with Gasteiger partial charge in [0.15, 0.2) is 0 Å². The molecule has 0 unspecified atom stereocenters. The van der Waals surface area contributed by atoms with Crippen molar-refractivity contribution in [3.63, 3.8) is 0 Å². The highest BCUT2D eigenvalue weighted by Gasteiger charge is 2.45. The lowest BCUT2D eigenvalue weighted by molar-refractivity contribution is 0.276. The van der Waals surface area contributed by atoms with Crippen LogP contribution in [0.4, 0.5) is 11.8 Å². The Morgan fingerprint density at radius 1 is 0.976 bits per heavy atom. The monoisotopic (exact) mass is 579 g/mol. The summed E-state index contributed by atoms with van der Waals surface area (Å²) in [5.41, 5.74) is 3.86. The predicted octanol–water partition coefficient (Wildman–Crippen LogP) is 9.49. The van der Waals surface area contributed by atoms with Crippen LogP contribution in [0, 0.1) is 12.8 Å². The zero-order valence-electron chi connectivity index (χ0n) is 27.8. The lowest BCUT2D eigenvalue weighted by Gasteiger charge is -2.34. The normalized spacial score (nSPS) is 15.3. The van der Waals surface area contributed by atoms with E-state index in [2.05, 4.69) is 92.6 Å². The summed E-state index contributed by atoms with van der Waals surface area (Å²) in [6.45, 7) is 26.1. The third-order valence-corrected chi connectivity index (χ3v) is 8.14. The van der Waals surface area contributed by atoms with Crippen LogP contribution in [0.3, 0.4) is 0 Å². The summed E-state index contributed by atoms with van der Waals surface area (Å²) in [5, 5.41) is 8.85. The molecule has 2 aromatic carbocycles. The average molecular weight is 580 g/mol. The van der Waals surface area contributed by atoms with Crippen LogP contribution in [0.1, 0.15) is 99.6 Å². The molecule has 6 heteroatoms. The zero-order chi connectivity index (χ0) is 30.6. The van der Waals surface area contributed by atoms with Gasteiger partial charge in [0, 0.05) is 46.7 Å². The Hall–Kier alpha value is -2.31. The smallest absolute Gasteiger partial charge is 0.228 e. The number of aromatic nitrogens is 2. The number of fused-ring (bicyclic) bond motifs is 2. The molecule has 0 atom stereocenters. The number of anilines is 2. The van der Waals surface area contributed by atoms with Crippen molar-refractivity contribution in [3.05, 3.63) is 53.6 Å². The Morgan fingerprint density at radius 3 is 2.32 bits per heavy atom. The largest absolute Gasteiger partial charge is 0.368 e. The molecule has 3 aromatic rings. The molecular weight excluding hydrogens is 522 g/mol. The van der Waals surface area contributed by atoms with Gasteiger partial charge in [-0.15, -0.1) is 11.8 Å². The lowest BCUT2D eigenvalue weighted by atomic mass is 9.91. The molecule has 0 bridgehead atoms. The number of hydrogen-bond acceptors (Lipinski definition) is 6. The Bertz CT molecular complexity index is 1200. The number of nitrogens with zero attached hydrogens (tertiary/aromatic N) is 3. The Morgan fingerprint density at radius 2 is 1.66 bits per heavy atom. The number of hydrogen-bond donors (Lipinski definition) is 2. The summed E-state index contributed by atoms with van der Waals surface area (Å²) in [4.78, 5) is 13.8. The molecule has 0 saturated heterocycles. The quantitative estimate of drug-likeness (QED) is 0.277. The van der Waals surface area contributed by atoms with E-state index in [0.29, 0.717) is 5.92 Å². The van der Waals surface area contributed by atoms with Crippen LogP contribution in [-0.2, 0) is 6.54 Å². The number of aryl methyl sites for hydroxylation is 1. The molecule has 1 aliphatic heterocycles. The van der Waals surface area contributed by atoms with E-state index in [1.807, 2.05) is 53.3 Å². The van der Waals surface area contributed by atoms with Gasteiger partial charge < -0.3 is 15.5 Å². The second-order valence-electron chi connectivity index (χ2n) is 11.5. The van der Waals surface area contributed by atoms with E-state index < -0.39 is 0 Å². The van der Waals surface area contributed by atoms with E-state index in [1.165, 1.54) is 35.3 Å². The van der Waals surface area contributed by atoms with E-state index >= 15 is 0 Å². The van der Waals surface area contributed by atoms with Crippen LogP contribution in [0.2, 0.25) is 0 Å². The first-order chi connectivity index (χ1) is 19.7. The standard InChI is InChI=1S/C29H39N5S.3C2H6/c1-20(2)17-28(4,5)33-29(12-13-29)19-30-26-23-16-21(3)10-11-24(23)31-27(32-26)34-14-15-35-25-9-7-6-8-22(25)18-34;3*1-2/h6-11,16,20,33H,12-15,17-19H2,1-5H3,(H,30,31,32);3*1-2H3. The van der Waals surface area contributed by atoms with Gasteiger partial charge in [0.25, 0.3) is 0 Å². The number of benzene rings is 2. The Balaban J connectivity index is 0.000000921. The maximum atomic E-state index is 5.12. The number of rotatable bonds is 8. The van der Waals surface area contributed by atoms with Gasteiger partial charge in [0.1, 0.15) is 5.82 Å². The van der Waals surface area contributed by atoms with E-state index in [0.717, 1.165) is 48.1 Å². The van der Waals surface area contributed by atoms with E-state index in [-0.39, 0.29) is 11.1 Å². The third kappa shape index (κ3) is 9.89. The maximum absolute atomic E-state index is 5.12. The molecule has 228 valence electrons. The van der Waals surface area contributed by atoms with E-state index in [4.69, 9.17) is 9.97 Å². The van der Waals surface area contributed by atoms with Crippen molar-refractivity contribution in [2.75, 3.05) is 29.1 Å². The highest BCUT2D eigenvalue weighted by atomic mass is 32.2. The Labute approximate surface area is 255 Å². The first-order valence-electron chi connectivity index (χ1n) is 16.0. The van der Waals surface area contributed by atoms with Gasteiger partial charge in [-0.05, 0) is 69.7 Å². The van der Waals surface area contributed by atoms with Crippen molar-refractivity contribution in [1.29, 1.82) is 0 Å². The fraction of sp³-hybridized carbons (Fsp3) is 0.600. The van der Waals surface area contributed by atoms with Crippen molar-refractivity contribution < 1.29 is 0 Å². The van der Waals surface area contributed by atoms with Crippen LogP contribution in [0.5, 0.6) is 0 Å². The third-order valence-electron chi connectivity index (χ3n) is 7.04. The molecule has 2 N–H and O–H groups in total. The van der Waals surface area contributed by atoms with Gasteiger partial charge in [0.2, 0.25) is 5.95 Å². The minimum absolute atomic E-state index is 0.124. The molecular formula is C35H57N5S. The second-order valence-corrected chi connectivity index (χ2v) is 12.6. The fourth-order valence-corrected chi connectivity index (χ4v) is 6.57. The molecule has 0 spiro atoms. The molecule has 1 fully saturated rings. The van der Waals surface area contributed by atoms with Gasteiger partial charge in [0.05, 0.1) is 5.52 Å². The van der Waals surface area contributed by atoms with Crippen LogP contribution < -0.4 is 15.5 Å². The summed E-state index contributed by atoms with van der Waals surface area (Å²) in [5.74, 6) is 3.48. The van der Waals surface area contributed by atoms with Gasteiger partial charge in [-0.25, -0.2) is 4.98 Å². The van der Waals surface area contributed by atoms with Crippen LogP contribution in [0.15, 0.2) is 47.4 Å². The van der Waals surface area contributed by atoms with Gasteiger partial charge in [-0.3, -0.25) is 0 Å². The molecule has 5 rings (SSSR count).